The molecule has 6 rings (SSSR count). The molecule has 0 aliphatic carbocycles. The van der Waals surface area contributed by atoms with E-state index in [1.165, 1.54) is 16.8 Å². The number of ether oxygens (including phenoxy) is 2. The van der Waals surface area contributed by atoms with Crippen molar-refractivity contribution < 1.29 is 18.3 Å². The summed E-state index contributed by atoms with van der Waals surface area (Å²) >= 11 is 0. The number of fused-ring (bicyclic) bond motifs is 3. The van der Waals surface area contributed by atoms with E-state index in [2.05, 4.69) is 20.6 Å². The molecule has 10 heteroatoms. The number of rotatable bonds is 1. The van der Waals surface area contributed by atoms with Crippen LogP contribution in [0.4, 0.5) is 14.6 Å². The lowest BCUT2D eigenvalue weighted by molar-refractivity contribution is 0.249. The van der Waals surface area contributed by atoms with Gasteiger partial charge in [-0.15, -0.1) is 15.3 Å². The molecule has 2 aliphatic rings. The summed E-state index contributed by atoms with van der Waals surface area (Å²) < 4.78 is 43.4. The Bertz CT molecular complexity index is 1310. The monoisotopic (exact) mass is 410 g/mol. The molecule has 0 saturated carbocycles. The van der Waals surface area contributed by atoms with Crippen LogP contribution in [0.5, 0.6) is 11.5 Å². The van der Waals surface area contributed by atoms with Crippen molar-refractivity contribution in [3.63, 3.8) is 0 Å². The molecule has 1 N–H and O–H groups in total. The molecule has 5 heterocycles. The van der Waals surface area contributed by atoms with Gasteiger partial charge < -0.3 is 14.8 Å². The Morgan fingerprint density at radius 3 is 2.77 bits per heavy atom. The number of aromatic nitrogens is 5. The molecule has 2 aliphatic heterocycles. The fourth-order valence-corrected chi connectivity index (χ4v) is 4.26. The molecule has 8 nitrogen and oxygen atoms in total. The van der Waals surface area contributed by atoms with E-state index in [0.29, 0.717) is 53.0 Å². The molecule has 1 atom stereocenters. The number of nitrogens with zero attached hydrogens (tertiary/aromatic N) is 5. The maximum absolute atomic E-state index is 14.6. The van der Waals surface area contributed by atoms with Gasteiger partial charge in [0.15, 0.2) is 17.2 Å². The van der Waals surface area contributed by atoms with Crippen LogP contribution in [0.2, 0.25) is 0 Å². The first-order valence-corrected chi connectivity index (χ1v) is 9.47. The summed E-state index contributed by atoms with van der Waals surface area (Å²) in [6, 6.07) is 6.20. The second-order valence-corrected chi connectivity index (χ2v) is 7.38. The van der Waals surface area contributed by atoms with Gasteiger partial charge in [-0.25, -0.2) is 4.39 Å². The molecule has 0 bridgehead atoms. The fourth-order valence-electron chi connectivity index (χ4n) is 4.26. The van der Waals surface area contributed by atoms with Crippen molar-refractivity contribution in [1.29, 1.82) is 0 Å². The molecule has 152 valence electrons. The second-order valence-electron chi connectivity index (χ2n) is 7.38. The zero-order valence-corrected chi connectivity index (χ0v) is 15.9. The van der Waals surface area contributed by atoms with Gasteiger partial charge in [-0.3, -0.25) is 9.08 Å². The zero-order valence-electron chi connectivity index (χ0n) is 15.9. The van der Waals surface area contributed by atoms with Gasteiger partial charge in [0, 0.05) is 36.3 Å². The molecule has 0 fully saturated rings. The van der Waals surface area contributed by atoms with Crippen molar-refractivity contribution in [1.82, 2.24) is 24.4 Å². The lowest BCUT2D eigenvalue weighted by Gasteiger charge is -2.16. The SMILES string of the molecule is Cn1nc(F)cc1-c1cc2c(n3cnnc13)NCc1c(F)ccc3c1[C@@H](CO3)CO2. The van der Waals surface area contributed by atoms with Crippen molar-refractivity contribution in [2.75, 3.05) is 18.5 Å². The summed E-state index contributed by atoms with van der Waals surface area (Å²) in [6.45, 7) is 0.985. The highest BCUT2D eigenvalue weighted by molar-refractivity contribution is 5.80. The van der Waals surface area contributed by atoms with Crippen molar-refractivity contribution in [3.05, 3.63) is 53.5 Å². The van der Waals surface area contributed by atoms with Crippen molar-refractivity contribution in [2.24, 2.45) is 7.05 Å². The first kappa shape index (κ1) is 17.2. The molecule has 0 unspecified atom stereocenters. The molecule has 1 aromatic carbocycles. The topological polar surface area (TPSA) is 78.5 Å². The number of nitrogens with one attached hydrogen (secondary N) is 1. The Kier molecular flexibility index (Phi) is 3.53. The van der Waals surface area contributed by atoms with Crippen LogP contribution in [0.15, 0.2) is 30.6 Å². The fraction of sp³-hybridized carbons (Fsp3) is 0.250. The van der Waals surface area contributed by atoms with Gasteiger partial charge in [0.1, 0.15) is 17.9 Å². The molecule has 30 heavy (non-hydrogen) atoms. The van der Waals surface area contributed by atoms with Gasteiger partial charge in [0.25, 0.3) is 0 Å². The van der Waals surface area contributed by atoms with Gasteiger partial charge in [0.05, 0.1) is 24.8 Å². The number of pyridine rings is 1. The van der Waals surface area contributed by atoms with Crippen LogP contribution in [0.3, 0.4) is 0 Å². The van der Waals surface area contributed by atoms with Crippen LogP contribution in [-0.2, 0) is 13.6 Å². The number of anilines is 1. The van der Waals surface area contributed by atoms with Gasteiger partial charge in [-0.1, -0.05) is 0 Å². The Balaban J connectivity index is 1.53. The van der Waals surface area contributed by atoms with Crippen molar-refractivity contribution in [3.8, 4) is 22.8 Å². The van der Waals surface area contributed by atoms with E-state index in [4.69, 9.17) is 9.47 Å². The van der Waals surface area contributed by atoms with Gasteiger partial charge in [0.2, 0.25) is 5.95 Å². The van der Waals surface area contributed by atoms with E-state index in [-0.39, 0.29) is 18.3 Å². The summed E-state index contributed by atoms with van der Waals surface area (Å²) in [5.41, 5.74) is 3.07. The van der Waals surface area contributed by atoms with E-state index in [1.54, 1.807) is 29.9 Å². The summed E-state index contributed by atoms with van der Waals surface area (Å²) in [5.74, 6) is 0.845. The maximum Gasteiger partial charge on any atom is 0.233 e. The van der Waals surface area contributed by atoms with Gasteiger partial charge in [-0.2, -0.15) is 4.39 Å². The predicted molar refractivity (Wildman–Crippen MR) is 103 cm³/mol. The third kappa shape index (κ3) is 2.39. The van der Waals surface area contributed by atoms with E-state index in [9.17, 15) is 8.78 Å². The number of hydrogen-bond acceptors (Lipinski definition) is 6. The third-order valence-electron chi connectivity index (χ3n) is 5.65. The van der Waals surface area contributed by atoms with Crippen LogP contribution in [0, 0.1) is 11.8 Å². The average Bonchev–Trinajstić information content (AvgIpc) is 3.44. The quantitative estimate of drug-likeness (QED) is 0.520. The van der Waals surface area contributed by atoms with E-state index in [0.717, 1.165) is 5.56 Å². The van der Waals surface area contributed by atoms with E-state index >= 15 is 0 Å². The molecule has 3 aromatic heterocycles. The summed E-state index contributed by atoms with van der Waals surface area (Å²) in [6.07, 6.45) is 1.54. The number of benzene rings is 1. The maximum atomic E-state index is 14.6. The Hall–Kier alpha value is -3.69. The van der Waals surface area contributed by atoms with Crippen LogP contribution in [-0.4, -0.2) is 37.6 Å². The highest BCUT2D eigenvalue weighted by Gasteiger charge is 2.31. The number of hydrogen-bond donors (Lipinski definition) is 1. The van der Waals surface area contributed by atoms with E-state index < -0.39 is 5.95 Å². The van der Waals surface area contributed by atoms with Crippen molar-refractivity contribution >= 4 is 11.5 Å². The summed E-state index contributed by atoms with van der Waals surface area (Å²) in [5, 5.41) is 15.3. The predicted octanol–water partition coefficient (Wildman–Crippen LogP) is 2.89. The minimum Gasteiger partial charge on any atom is -0.493 e. The Morgan fingerprint density at radius 1 is 1.13 bits per heavy atom. The minimum absolute atomic E-state index is 0.0901. The largest absolute Gasteiger partial charge is 0.493 e. The first-order valence-electron chi connectivity index (χ1n) is 9.47. The highest BCUT2D eigenvalue weighted by atomic mass is 19.1. The number of halogens is 2. The minimum atomic E-state index is -0.589. The molecule has 0 spiro atoms. The molecule has 0 radical (unpaired) electrons. The molecule has 0 amide bonds. The van der Waals surface area contributed by atoms with Crippen LogP contribution in [0.25, 0.3) is 16.9 Å². The third-order valence-corrected chi connectivity index (χ3v) is 5.65. The van der Waals surface area contributed by atoms with E-state index in [1.807, 2.05) is 0 Å². The Labute approximate surface area is 169 Å². The zero-order chi connectivity index (χ0) is 20.4. The lowest BCUT2D eigenvalue weighted by Crippen LogP contribution is -2.13. The van der Waals surface area contributed by atoms with Crippen LogP contribution in [0.1, 0.15) is 17.0 Å². The van der Waals surface area contributed by atoms with Crippen molar-refractivity contribution in [2.45, 2.75) is 12.5 Å². The standard InChI is InChI=1S/C20H16F2N6O2/c1-27-14(5-17(22)26-27)11-4-16-20(28-9-24-25-19(11)28)23-6-12-13(21)2-3-15-18(12)10(7-29-15)8-30-16/h2-5,9-10,23H,6-8H2,1H3/t10-/m0/s1. The molecule has 0 saturated heterocycles. The normalized spacial score (nSPS) is 17.2. The van der Waals surface area contributed by atoms with Crippen LogP contribution >= 0.6 is 0 Å². The second kappa shape index (κ2) is 6.15. The van der Waals surface area contributed by atoms with Gasteiger partial charge in [-0.05, 0) is 18.2 Å². The molecular formula is C20H16F2N6O2. The lowest BCUT2D eigenvalue weighted by atomic mass is 9.96. The average molecular weight is 410 g/mol. The number of aryl methyl sites for hydroxylation is 1. The smallest absolute Gasteiger partial charge is 0.233 e. The summed E-state index contributed by atoms with van der Waals surface area (Å²) in [7, 11) is 1.66. The summed E-state index contributed by atoms with van der Waals surface area (Å²) in [4.78, 5) is 0. The molecular weight excluding hydrogens is 394 g/mol. The molecule has 4 aromatic rings. The van der Waals surface area contributed by atoms with Gasteiger partial charge >= 0.3 is 0 Å². The Morgan fingerprint density at radius 2 is 1.97 bits per heavy atom. The van der Waals surface area contributed by atoms with Crippen LogP contribution < -0.4 is 14.8 Å². The first-order chi connectivity index (χ1) is 14.6. The highest BCUT2D eigenvalue weighted by Crippen LogP contribution is 2.41.